The van der Waals surface area contributed by atoms with Gasteiger partial charge in [-0.25, -0.2) is 9.59 Å². The molecule has 0 radical (unpaired) electrons. The molecule has 1 aromatic heterocycles. The summed E-state index contributed by atoms with van der Waals surface area (Å²) in [5, 5.41) is 16.0. The lowest BCUT2D eigenvalue weighted by Gasteiger charge is -2.15. The number of hydrogen-bond acceptors (Lipinski definition) is 8. The molecule has 4 rings (SSSR count). The van der Waals surface area contributed by atoms with Gasteiger partial charge in [0.05, 0.1) is 29.1 Å². The van der Waals surface area contributed by atoms with Gasteiger partial charge >= 0.3 is 16.9 Å². The number of oxime groups is 1. The van der Waals surface area contributed by atoms with Crippen molar-refractivity contribution in [1.29, 1.82) is 0 Å². The number of carboxylic acid groups (broad SMARTS) is 1. The molecule has 0 bridgehead atoms. The number of aromatic nitrogens is 1. The second-order valence-corrected chi connectivity index (χ2v) is 10.8. The molecule has 0 saturated carbocycles. The number of amides is 1. The topological polar surface area (TPSA) is 128 Å². The number of fused-ring (bicyclic) bond motifs is 1. The maximum absolute atomic E-state index is 12.8. The van der Waals surface area contributed by atoms with E-state index in [1.807, 2.05) is 43.4 Å². The Balaban J connectivity index is 1.32. The van der Waals surface area contributed by atoms with Gasteiger partial charge in [-0.15, -0.1) is 0 Å². The smallest absolute Gasteiger partial charge is 0.407 e. The predicted octanol–water partition coefficient (Wildman–Crippen LogP) is 5.10. The van der Waals surface area contributed by atoms with E-state index in [4.69, 9.17) is 14.3 Å². The molecule has 0 fully saturated rings. The largest absolute Gasteiger partial charge is 0.492 e. The molecule has 1 atom stereocenters. The minimum Gasteiger partial charge on any atom is -0.492 e. The van der Waals surface area contributed by atoms with Gasteiger partial charge in [0.25, 0.3) is 0 Å². The minimum absolute atomic E-state index is 0.0528. The van der Waals surface area contributed by atoms with E-state index < -0.39 is 18.1 Å². The molecule has 0 saturated heterocycles. The fourth-order valence-electron chi connectivity index (χ4n) is 4.52. The molecule has 2 N–H and O–H groups in total. The fraction of sp³-hybridized carbons (Fsp3) is 0.355. The first kappa shape index (κ1) is 30.6. The number of carboxylic acids is 1. The monoisotopic (exact) mass is 593 g/mol. The molecule has 0 aliphatic heterocycles. The maximum Gasteiger partial charge on any atom is 0.407 e. The summed E-state index contributed by atoms with van der Waals surface area (Å²) in [7, 11) is 1.54. The molecule has 3 aromatic rings. The first-order valence-corrected chi connectivity index (χ1v) is 14.7. The van der Waals surface area contributed by atoms with Gasteiger partial charge in [0, 0.05) is 12.8 Å². The highest BCUT2D eigenvalue weighted by molar-refractivity contribution is 7.16. The minimum atomic E-state index is -1.14. The van der Waals surface area contributed by atoms with Crippen LogP contribution in [0.1, 0.15) is 37.3 Å². The van der Waals surface area contributed by atoms with Crippen molar-refractivity contribution in [2.75, 3.05) is 20.3 Å². The summed E-state index contributed by atoms with van der Waals surface area (Å²) in [6, 6.07) is 11.9. The summed E-state index contributed by atoms with van der Waals surface area (Å²) in [5.41, 5.74) is 4.66. The van der Waals surface area contributed by atoms with Gasteiger partial charge in [-0.1, -0.05) is 66.3 Å². The van der Waals surface area contributed by atoms with Crippen LogP contribution >= 0.6 is 11.3 Å². The van der Waals surface area contributed by atoms with E-state index >= 15 is 0 Å². The van der Waals surface area contributed by atoms with Gasteiger partial charge in [-0.2, -0.15) is 0 Å². The van der Waals surface area contributed by atoms with Crippen LogP contribution in [0.25, 0.3) is 10.2 Å². The molecule has 10 nitrogen and oxygen atoms in total. The molecule has 2 aromatic carbocycles. The summed E-state index contributed by atoms with van der Waals surface area (Å²) < 4.78 is 13.5. The molecule has 1 amide bonds. The lowest BCUT2D eigenvalue weighted by molar-refractivity contribution is -0.139. The molecule has 0 spiro atoms. The van der Waals surface area contributed by atoms with E-state index in [0.717, 1.165) is 45.5 Å². The SMILES string of the molecule is CCCCOC(=O)NC(Cc1ccc(OCCn2c(=O)sc3cc(CC4=CC=CCC4=NOC)ccc32)cc1)C(=O)O. The molecule has 1 aliphatic carbocycles. The van der Waals surface area contributed by atoms with Gasteiger partial charge in [-0.3, -0.25) is 9.36 Å². The number of benzene rings is 2. The van der Waals surface area contributed by atoms with E-state index in [9.17, 15) is 19.5 Å². The third-order valence-corrected chi connectivity index (χ3v) is 7.65. The number of aliphatic carboxylic acids is 1. The highest BCUT2D eigenvalue weighted by atomic mass is 32.1. The zero-order valence-electron chi connectivity index (χ0n) is 23.7. The van der Waals surface area contributed by atoms with Gasteiger partial charge in [0.1, 0.15) is 25.5 Å². The van der Waals surface area contributed by atoms with Crippen LogP contribution in [0.5, 0.6) is 5.75 Å². The summed E-state index contributed by atoms with van der Waals surface area (Å²) in [5.74, 6) is -0.549. The number of allylic oxidation sites excluding steroid dienone is 4. The Kier molecular flexibility index (Phi) is 10.9. The first-order chi connectivity index (χ1) is 20.4. The van der Waals surface area contributed by atoms with E-state index in [-0.39, 0.29) is 24.5 Å². The summed E-state index contributed by atoms with van der Waals surface area (Å²) in [6.07, 6.45) is 8.46. The highest BCUT2D eigenvalue weighted by Crippen LogP contribution is 2.23. The van der Waals surface area contributed by atoms with Crippen molar-refractivity contribution in [3.63, 3.8) is 0 Å². The van der Waals surface area contributed by atoms with Crippen molar-refractivity contribution in [3.8, 4) is 5.75 Å². The number of carbonyl (C=O) groups is 2. The number of carbonyl (C=O) groups excluding carboxylic acids is 1. The summed E-state index contributed by atoms with van der Waals surface area (Å²) in [4.78, 5) is 41.2. The van der Waals surface area contributed by atoms with Crippen molar-refractivity contribution < 1.29 is 29.0 Å². The number of rotatable bonds is 14. The number of nitrogens with zero attached hydrogens (tertiary/aromatic N) is 2. The summed E-state index contributed by atoms with van der Waals surface area (Å²) in [6.45, 7) is 2.88. The second-order valence-electron chi connectivity index (χ2n) is 9.76. The summed E-state index contributed by atoms with van der Waals surface area (Å²) >= 11 is 1.21. The van der Waals surface area contributed by atoms with Crippen molar-refractivity contribution in [2.24, 2.45) is 5.16 Å². The lowest BCUT2D eigenvalue weighted by atomic mass is 9.96. The van der Waals surface area contributed by atoms with Gasteiger partial charge in [0.2, 0.25) is 0 Å². The number of alkyl carbamates (subject to hydrolysis) is 1. The number of nitrogens with one attached hydrogen (secondary N) is 1. The van der Waals surface area contributed by atoms with Gasteiger partial charge in [-0.05, 0) is 53.8 Å². The number of ether oxygens (including phenoxy) is 2. The standard InChI is InChI=1S/C31H35N3O7S/c1-3-4-16-41-30(37)32-26(29(35)36)19-21-9-12-24(13-10-21)40-17-15-34-27-14-11-22(20-28(27)42-31(34)38)18-23-7-5-6-8-25(23)33-39-2/h5-7,9-14,20,26H,3-4,8,15-19H2,1-2H3,(H,32,37)(H,35,36). The Bertz CT molecular complexity index is 1540. The zero-order chi connectivity index (χ0) is 29.9. The van der Waals surface area contributed by atoms with Crippen LogP contribution < -0.4 is 14.9 Å². The number of hydrogen-bond donors (Lipinski definition) is 2. The van der Waals surface area contributed by atoms with Crippen LogP contribution in [0.3, 0.4) is 0 Å². The quantitative estimate of drug-likeness (QED) is 0.197. The molecule has 1 heterocycles. The van der Waals surface area contributed by atoms with Crippen LogP contribution in [0.2, 0.25) is 0 Å². The zero-order valence-corrected chi connectivity index (χ0v) is 24.5. The van der Waals surface area contributed by atoms with Crippen molar-refractivity contribution in [3.05, 3.63) is 87.1 Å². The first-order valence-electron chi connectivity index (χ1n) is 13.8. The van der Waals surface area contributed by atoms with E-state index in [1.54, 1.807) is 35.9 Å². The van der Waals surface area contributed by atoms with Gasteiger partial charge in [0.15, 0.2) is 0 Å². The Morgan fingerprint density at radius 2 is 1.93 bits per heavy atom. The Morgan fingerprint density at radius 1 is 1.14 bits per heavy atom. The maximum atomic E-state index is 12.8. The van der Waals surface area contributed by atoms with E-state index in [0.29, 0.717) is 25.1 Å². The van der Waals surface area contributed by atoms with Crippen molar-refractivity contribution in [1.82, 2.24) is 9.88 Å². The molecule has 42 heavy (non-hydrogen) atoms. The highest BCUT2D eigenvalue weighted by Gasteiger charge is 2.21. The van der Waals surface area contributed by atoms with E-state index in [1.165, 1.54) is 11.3 Å². The molecular weight excluding hydrogens is 558 g/mol. The Hall–Kier alpha value is -4.38. The molecule has 1 unspecified atom stereocenters. The lowest BCUT2D eigenvalue weighted by Crippen LogP contribution is -2.42. The normalized spacial score (nSPS) is 14.4. The Labute approximate surface area is 247 Å². The van der Waals surface area contributed by atoms with E-state index in [2.05, 4.69) is 10.5 Å². The predicted molar refractivity (Wildman–Crippen MR) is 163 cm³/mol. The van der Waals surface area contributed by atoms with Crippen molar-refractivity contribution >= 4 is 39.3 Å². The second kappa shape index (κ2) is 15.0. The average molecular weight is 594 g/mol. The van der Waals surface area contributed by atoms with Crippen LogP contribution in [0.15, 0.2) is 76.2 Å². The fourth-order valence-corrected chi connectivity index (χ4v) is 5.50. The van der Waals surface area contributed by atoms with Crippen molar-refractivity contribution in [2.45, 2.75) is 51.6 Å². The molecule has 1 aliphatic rings. The molecule has 222 valence electrons. The van der Waals surface area contributed by atoms with Crippen LogP contribution in [0.4, 0.5) is 4.79 Å². The molecule has 11 heteroatoms. The van der Waals surface area contributed by atoms with Gasteiger partial charge < -0.3 is 24.7 Å². The third kappa shape index (κ3) is 8.32. The molecular formula is C31H35N3O7S. The Morgan fingerprint density at radius 3 is 2.67 bits per heavy atom. The van der Waals surface area contributed by atoms with Crippen LogP contribution in [-0.4, -0.2) is 53.8 Å². The third-order valence-electron chi connectivity index (χ3n) is 6.71. The van der Waals surface area contributed by atoms with Crippen LogP contribution in [-0.2, 0) is 33.8 Å². The number of unbranched alkanes of at least 4 members (excludes halogenated alkanes) is 1. The van der Waals surface area contributed by atoms with Crippen LogP contribution in [0, 0.1) is 0 Å². The average Bonchev–Trinajstić information content (AvgIpc) is 3.28. The number of thiazole rings is 1.